The van der Waals surface area contributed by atoms with Gasteiger partial charge in [-0.25, -0.2) is 0 Å². The summed E-state index contributed by atoms with van der Waals surface area (Å²) in [6.45, 7) is 3.98. The zero-order chi connectivity index (χ0) is 18.7. The number of Topliss-reactive ketones (excluding diaryl/α,β-unsaturated/α-hetero) is 1. The minimum atomic E-state index is -0.695. The fourth-order valence-electron chi connectivity index (χ4n) is 6.95. The average Bonchev–Trinajstić information content (AvgIpc) is 3.00. The van der Waals surface area contributed by atoms with Crippen molar-refractivity contribution < 1.29 is 19.5 Å². The highest BCUT2D eigenvalue weighted by Gasteiger charge is 2.64. The van der Waals surface area contributed by atoms with Gasteiger partial charge < -0.3 is 9.90 Å². The monoisotopic (exact) mass is 356 g/mol. The van der Waals surface area contributed by atoms with Crippen LogP contribution in [0.25, 0.3) is 0 Å². The third-order valence-electron chi connectivity index (χ3n) is 8.06. The molecule has 0 amide bonds. The first-order valence-electron chi connectivity index (χ1n) is 9.98. The molecule has 4 heteroatoms. The quantitative estimate of drug-likeness (QED) is 0.789. The SMILES string of the molecule is CCC(=O)[C@H]1CC[C@H]2[C@@H]3CCC4=CC(=O)C=C[C@]4(C)[C@H]3[C@@H](O)C[C@]12C=O. The Labute approximate surface area is 154 Å². The lowest BCUT2D eigenvalue weighted by molar-refractivity contribution is -0.152. The maximum atomic E-state index is 12.5. The fraction of sp³-hybridized carbons (Fsp3) is 0.682. The van der Waals surface area contributed by atoms with Gasteiger partial charge in [-0.3, -0.25) is 9.59 Å². The van der Waals surface area contributed by atoms with E-state index in [1.807, 2.05) is 13.0 Å². The van der Waals surface area contributed by atoms with Crippen molar-refractivity contribution in [1.29, 1.82) is 0 Å². The van der Waals surface area contributed by atoms with Gasteiger partial charge in [-0.05, 0) is 56.1 Å². The second-order valence-electron chi connectivity index (χ2n) is 8.97. The Morgan fingerprint density at radius 2 is 2.12 bits per heavy atom. The molecule has 0 heterocycles. The Hall–Kier alpha value is -1.55. The number of carbonyl (C=O) groups excluding carboxylic acids is 3. The van der Waals surface area contributed by atoms with Gasteiger partial charge >= 0.3 is 0 Å². The zero-order valence-corrected chi connectivity index (χ0v) is 15.6. The summed E-state index contributed by atoms with van der Waals surface area (Å²) < 4.78 is 0. The molecule has 4 nitrogen and oxygen atoms in total. The molecule has 3 fully saturated rings. The van der Waals surface area contributed by atoms with E-state index in [2.05, 4.69) is 6.92 Å². The van der Waals surface area contributed by atoms with Gasteiger partial charge in [-0.15, -0.1) is 0 Å². The normalized spacial score (nSPS) is 46.8. The molecule has 0 aromatic rings. The van der Waals surface area contributed by atoms with Crippen LogP contribution in [-0.2, 0) is 14.4 Å². The number of rotatable bonds is 3. The van der Waals surface area contributed by atoms with Crippen LogP contribution >= 0.6 is 0 Å². The van der Waals surface area contributed by atoms with Crippen molar-refractivity contribution >= 4 is 17.9 Å². The van der Waals surface area contributed by atoms with E-state index in [0.29, 0.717) is 12.8 Å². The highest BCUT2D eigenvalue weighted by atomic mass is 16.3. The van der Waals surface area contributed by atoms with Gasteiger partial charge in [0.1, 0.15) is 12.1 Å². The molecular weight excluding hydrogens is 328 g/mol. The van der Waals surface area contributed by atoms with Crippen molar-refractivity contribution in [3.05, 3.63) is 23.8 Å². The number of aliphatic hydroxyl groups is 1. The molecule has 140 valence electrons. The van der Waals surface area contributed by atoms with E-state index in [1.165, 1.54) is 0 Å². The van der Waals surface area contributed by atoms with Crippen LogP contribution in [0.1, 0.15) is 52.4 Å². The number of hydrogen-bond donors (Lipinski definition) is 1. The molecule has 4 aliphatic carbocycles. The highest BCUT2D eigenvalue weighted by molar-refractivity contribution is 6.01. The minimum absolute atomic E-state index is 0.0143. The van der Waals surface area contributed by atoms with Crippen molar-refractivity contribution in [2.24, 2.45) is 34.5 Å². The molecule has 1 N–H and O–H groups in total. The van der Waals surface area contributed by atoms with Crippen LogP contribution in [0, 0.1) is 34.5 Å². The first-order valence-corrected chi connectivity index (χ1v) is 9.98. The van der Waals surface area contributed by atoms with Crippen LogP contribution in [-0.4, -0.2) is 29.1 Å². The molecule has 7 atom stereocenters. The number of allylic oxidation sites excluding steroid dienone is 4. The second kappa shape index (κ2) is 5.98. The molecule has 0 unspecified atom stereocenters. The zero-order valence-electron chi connectivity index (χ0n) is 15.6. The molecule has 0 bridgehead atoms. The Kier molecular flexibility index (Phi) is 4.11. The third kappa shape index (κ3) is 2.20. The van der Waals surface area contributed by atoms with Crippen LogP contribution in [0.2, 0.25) is 0 Å². The van der Waals surface area contributed by atoms with Crippen molar-refractivity contribution in [2.75, 3.05) is 0 Å². The molecule has 0 spiro atoms. The molecule has 0 saturated heterocycles. The Balaban J connectivity index is 1.75. The van der Waals surface area contributed by atoms with E-state index >= 15 is 0 Å². The van der Waals surface area contributed by atoms with Gasteiger partial charge in [-0.1, -0.05) is 25.5 Å². The van der Waals surface area contributed by atoms with E-state index in [-0.39, 0.29) is 40.7 Å². The Morgan fingerprint density at radius 1 is 1.35 bits per heavy atom. The van der Waals surface area contributed by atoms with Crippen LogP contribution in [0.15, 0.2) is 23.8 Å². The van der Waals surface area contributed by atoms with Crippen molar-refractivity contribution in [3.8, 4) is 0 Å². The fourth-order valence-corrected chi connectivity index (χ4v) is 6.95. The van der Waals surface area contributed by atoms with Crippen molar-refractivity contribution in [2.45, 2.75) is 58.5 Å². The molecule has 0 aromatic carbocycles. The molecule has 3 saturated carbocycles. The minimum Gasteiger partial charge on any atom is -0.393 e. The second-order valence-corrected chi connectivity index (χ2v) is 8.97. The van der Waals surface area contributed by atoms with Crippen molar-refractivity contribution in [3.63, 3.8) is 0 Å². The lowest BCUT2D eigenvalue weighted by atomic mass is 9.46. The van der Waals surface area contributed by atoms with Gasteiger partial charge in [0.05, 0.1) is 6.10 Å². The predicted molar refractivity (Wildman–Crippen MR) is 97.2 cm³/mol. The molecule has 26 heavy (non-hydrogen) atoms. The van der Waals surface area contributed by atoms with E-state index in [0.717, 1.165) is 37.5 Å². The summed E-state index contributed by atoms with van der Waals surface area (Å²) in [6.07, 6.45) is 9.92. The molecule has 0 radical (unpaired) electrons. The van der Waals surface area contributed by atoms with Gasteiger partial charge in [-0.2, -0.15) is 0 Å². The average molecular weight is 356 g/mol. The summed E-state index contributed by atoms with van der Waals surface area (Å²) in [6, 6.07) is 0. The first kappa shape index (κ1) is 17.8. The van der Waals surface area contributed by atoms with Crippen LogP contribution < -0.4 is 0 Å². The molecule has 0 aliphatic heterocycles. The predicted octanol–water partition coefficient (Wildman–Crippen LogP) is 3.04. The Bertz CT molecular complexity index is 720. The van der Waals surface area contributed by atoms with E-state index in [9.17, 15) is 19.5 Å². The van der Waals surface area contributed by atoms with Gasteiger partial charge in [0, 0.05) is 29.1 Å². The highest BCUT2D eigenvalue weighted by Crippen LogP contribution is 2.65. The number of aldehydes is 1. The Morgan fingerprint density at radius 3 is 2.81 bits per heavy atom. The number of fused-ring (bicyclic) bond motifs is 5. The van der Waals surface area contributed by atoms with Crippen LogP contribution in [0.4, 0.5) is 0 Å². The number of ketones is 2. The summed E-state index contributed by atoms with van der Waals surface area (Å²) in [7, 11) is 0. The summed E-state index contributed by atoms with van der Waals surface area (Å²) in [5, 5.41) is 11.2. The molecule has 0 aromatic heterocycles. The van der Waals surface area contributed by atoms with E-state index < -0.39 is 11.5 Å². The van der Waals surface area contributed by atoms with E-state index in [4.69, 9.17) is 0 Å². The first-order chi connectivity index (χ1) is 12.4. The standard InChI is InChI=1S/C22H28O4/c1-3-18(25)17-7-6-16-15-5-4-13-10-14(24)8-9-21(13,2)20(15)19(26)11-22(16,17)12-23/h8-10,12,15-17,19-20,26H,3-7,11H2,1-2H3/t15-,16-,17+,19-,20+,21-,22+/m0/s1. The molecule has 4 aliphatic rings. The number of aliphatic hydroxyl groups excluding tert-OH is 1. The number of hydrogen-bond acceptors (Lipinski definition) is 4. The van der Waals surface area contributed by atoms with Crippen LogP contribution in [0.3, 0.4) is 0 Å². The summed E-state index contributed by atoms with van der Waals surface area (Å²) in [5.41, 5.74) is 0.0977. The van der Waals surface area contributed by atoms with Crippen LogP contribution in [0.5, 0.6) is 0 Å². The summed E-state index contributed by atoms with van der Waals surface area (Å²) >= 11 is 0. The lowest BCUT2D eigenvalue weighted by Gasteiger charge is -2.58. The summed E-state index contributed by atoms with van der Waals surface area (Å²) in [4.78, 5) is 36.6. The lowest BCUT2D eigenvalue weighted by Crippen LogP contribution is -2.57. The smallest absolute Gasteiger partial charge is 0.178 e. The molecule has 4 rings (SSSR count). The van der Waals surface area contributed by atoms with E-state index in [1.54, 1.807) is 12.2 Å². The van der Waals surface area contributed by atoms with Gasteiger partial charge in [0.15, 0.2) is 5.78 Å². The summed E-state index contributed by atoms with van der Waals surface area (Å²) in [5.74, 6) is 0.352. The number of carbonyl (C=O) groups is 3. The van der Waals surface area contributed by atoms with Gasteiger partial charge in [0.25, 0.3) is 0 Å². The molecular formula is C22H28O4. The van der Waals surface area contributed by atoms with Crippen molar-refractivity contribution in [1.82, 2.24) is 0 Å². The largest absolute Gasteiger partial charge is 0.393 e. The maximum Gasteiger partial charge on any atom is 0.178 e. The van der Waals surface area contributed by atoms with Gasteiger partial charge in [0.2, 0.25) is 0 Å². The maximum absolute atomic E-state index is 12.5. The third-order valence-corrected chi connectivity index (χ3v) is 8.06. The topological polar surface area (TPSA) is 71.4 Å².